The SMILES string of the molecule is c1ccc(-c2ccccc2NC2=NCCN2)cc1. The molecule has 0 fully saturated rings. The average Bonchev–Trinajstić information content (AvgIpc) is 2.93. The number of para-hydroxylation sites is 1. The van der Waals surface area contributed by atoms with E-state index >= 15 is 0 Å². The summed E-state index contributed by atoms with van der Waals surface area (Å²) in [7, 11) is 0. The lowest BCUT2D eigenvalue weighted by atomic mass is 10.0. The Morgan fingerprint density at radius 1 is 0.944 bits per heavy atom. The molecule has 2 aromatic rings. The van der Waals surface area contributed by atoms with Gasteiger partial charge < -0.3 is 10.6 Å². The summed E-state index contributed by atoms with van der Waals surface area (Å²) in [5, 5.41) is 6.57. The highest BCUT2D eigenvalue weighted by molar-refractivity contribution is 5.98. The Kier molecular flexibility index (Phi) is 2.96. The quantitative estimate of drug-likeness (QED) is 0.842. The number of nitrogens with one attached hydrogen (secondary N) is 2. The molecular formula is C15H15N3. The van der Waals surface area contributed by atoms with Gasteiger partial charge in [0.05, 0.1) is 6.54 Å². The van der Waals surface area contributed by atoms with Crippen LogP contribution in [0.5, 0.6) is 0 Å². The van der Waals surface area contributed by atoms with E-state index in [2.05, 4.69) is 58.1 Å². The maximum Gasteiger partial charge on any atom is 0.195 e. The standard InChI is InChI=1S/C15H15N3/c1-2-6-12(7-3-1)13-8-4-5-9-14(13)18-15-16-10-11-17-15/h1-9H,10-11H2,(H2,16,17,18). The Morgan fingerprint density at radius 3 is 2.50 bits per heavy atom. The summed E-state index contributed by atoms with van der Waals surface area (Å²) in [6, 6.07) is 18.6. The van der Waals surface area contributed by atoms with E-state index in [0.29, 0.717) is 0 Å². The van der Waals surface area contributed by atoms with Gasteiger partial charge in [-0.1, -0.05) is 48.5 Å². The molecule has 0 radical (unpaired) electrons. The number of hydrogen-bond donors (Lipinski definition) is 2. The molecule has 3 nitrogen and oxygen atoms in total. The highest BCUT2D eigenvalue weighted by atomic mass is 15.2. The van der Waals surface area contributed by atoms with E-state index in [4.69, 9.17) is 0 Å². The molecule has 0 saturated heterocycles. The summed E-state index contributed by atoms with van der Waals surface area (Å²) in [6.07, 6.45) is 0. The minimum absolute atomic E-state index is 0.843. The molecule has 3 rings (SSSR count). The Bertz CT molecular complexity index is 561. The first-order valence-electron chi connectivity index (χ1n) is 6.13. The van der Waals surface area contributed by atoms with Crippen molar-refractivity contribution in [1.82, 2.24) is 5.32 Å². The van der Waals surface area contributed by atoms with Crippen molar-refractivity contribution in [3.8, 4) is 11.1 Å². The molecule has 0 amide bonds. The van der Waals surface area contributed by atoms with Crippen LogP contribution in [0.25, 0.3) is 11.1 Å². The Balaban J connectivity index is 1.95. The van der Waals surface area contributed by atoms with Crippen LogP contribution in [0.15, 0.2) is 59.6 Å². The summed E-state index contributed by atoms with van der Waals surface area (Å²) < 4.78 is 0. The molecular weight excluding hydrogens is 222 g/mol. The summed E-state index contributed by atoms with van der Waals surface area (Å²) in [5.41, 5.74) is 3.48. The van der Waals surface area contributed by atoms with E-state index in [1.165, 1.54) is 11.1 Å². The molecule has 90 valence electrons. The van der Waals surface area contributed by atoms with Gasteiger partial charge in [0, 0.05) is 17.8 Å². The normalized spacial score (nSPS) is 13.9. The molecule has 3 heteroatoms. The lowest BCUT2D eigenvalue weighted by Gasteiger charge is -2.12. The highest BCUT2D eigenvalue weighted by Gasteiger charge is 2.08. The van der Waals surface area contributed by atoms with Crippen LogP contribution in [-0.2, 0) is 0 Å². The molecule has 1 aliphatic rings. The number of hydrogen-bond acceptors (Lipinski definition) is 3. The fraction of sp³-hybridized carbons (Fsp3) is 0.133. The van der Waals surface area contributed by atoms with Crippen LogP contribution in [-0.4, -0.2) is 19.0 Å². The average molecular weight is 237 g/mol. The van der Waals surface area contributed by atoms with Gasteiger partial charge in [-0.15, -0.1) is 0 Å². The fourth-order valence-electron chi connectivity index (χ4n) is 2.07. The molecule has 0 spiro atoms. The van der Waals surface area contributed by atoms with Gasteiger partial charge >= 0.3 is 0 Å². The van der Waals surface area contributed by atoms with Gasteiger partial charge in [0.25, 0.3) is 0 Å². The van der Waals surface area contributed by atoms with Crippen LogP contribution in [0.2, 0.25) is 0 Å². The van der Waals surface area contributed by atoms with Crippen molar-refractivity contribution < 1.29 is 0 Å². The predicted octanol–water partition coefficient (Wildman–Crippen LogP) is 2.72. The van der Waals surface area contributed by atoms with Crippen LogP contribution in [0.3, 0.4) is 0 Å². The van der Waals surface area contributed by atoms with Crippen molar-refractivity contribution in [3.63, 3.8) is 0 Å². The van der Waals surface area contributed by atoms with Crippen LogP contribution in [0.1, 0.15) is 0 Å². The summed E-state index contributed by atoms with van der Waals surface area (Å²) in [5.74, 6) is 0.860. The first-order valence-corrected chi connectivity index (χ1v) is 6.13. The minimum atomic E-state index is 0.843. The maximum atomic E-state index is 4.36. The van der Waals surface area contributed by atoms with Crippen molar-refractivity contribution in [1.29, 1.82) is 0 Å². The second kappa shape index (κ2) is 4.92. The van der Waals surface area contributed by atoms with E-state index in [1.54, 1.807) is 0 Å². The third kappa shape index (κ3) is 2.20. The fourth-order valence-corrected chi connectivity index (χ4v) is 2.07. The Labute approximate surface area is 107 Å². The molecule has 0 unspecified atom stereocenters. The lowest BCUT2D eigenvalue weighted by molar-refractivity contribution is 0.959. The van der Waals surface area contributed by atoms with Gasteiger partial charge in [-0.3, -0.25) is 4.99 Å². The maximum absolute atomic E-state index is 4.36. The van der Waals surface area contributed by atoms with Crippen molar-refractivity contribution >= 4 is 11.6 Å². The highest BCUT2D eigenvalue weighted by Crippen LogP contribution is 2.27. The Morgan fingerprint density at radius 2 is 1.72 bits per heavy atom. The van der Waals surface area contributed by atoms with Crippen LogP contribution < -0.4 is 10.6 Å². The monoisotopic (exact) mass is 237 g/mol. The smallest absolute Gasteiger partial charge is 0.195 e. The van der Waals surface area contributed by atoms with E-state index in [-0.39, 0.29) is 0 Å². The summed E-state index contributed by atoms with van der Waals surface area (Å²) in [6.45, 7) is 1.76. The molecule has 0 bridgehead atoms. The van der Waals surface area contributed by atoms with Crippen LogP contribution in [0.4, 0.5) is 5.69 Å². The molecule has 18 heavy (non-hydrogen) atoms. The molecule has 0 aliphatic carbocycles. The second-order valence-electron chi connectivity index (χ2n) is 4.19. The Hall–Kier alpha value is -2.29. The van der Waals surface area contributed by atoms with Gasteiger partial charge in [-0.05, 0) is 11.6 Å². The second-order valence-corrected chi connectivity index (χ2v) is 4.19. The van der Waals surface area contributed by atoms with Crippen molar-refractivity contribution in [3.05, 3.63) is 54.6 Å². The van der Waals surface area contributed by atoms with Gasteiger partial charge in [-0.2, -0.15) is 0 Å². The van der Waals surface area contributed by atoms with Crippen molar-refractivity contribution in [2.24, 2.45) is 4.99 Å². The first-order chi connectivity index (χ1) is 8.93. The number of guanidine groups is 1. The number of aliphatic imine (C=N–C) groups is 1. The number of nitrogens with zero attached hydrogens (tertiary/aromatic N) is 1. The molecule has 0 saturated carbocycles. The molecule has 0 atom stereocenters. The lowest BCUT2D eigenvalue weighted by Crippen LogP contribution is -2.26. The van der Waals surface area contributed by atoms with Gasteiger partial charge in [-0.25, -0.2) is 0 Å². The topological polar surface area (TPSA) is 36.4 Å². The zero-order valence-electron chi connectivity index (χ0n) is 10.1. The van der Waals surface area contributed by atoms with Crippen molar-refractivity contribution in [2.75, 3.05) is 18.4 Å². The summed E-state index contributed by atoms with van der Waals surface area (Å²) in [4.78, 5) is 4.36. The number of benzene rings is 2. The van der Waals surface area contributed by atoms with E-state index in [1.807, 2.05) is 12.1 Å². The third-order valence-electron chi connectivity index (χ3n) is 2.94. The van der Waals surface area contributed by atoms with Gasteiger partial charge in [0.2, 0.25) is 0 Å². The zero-order valence-corrected chi connectivity index (χ0v) is 10.1. The zero-order chi connectivity index (χ0) is 12.2. The first kappa shape index (κ1) is 10.8. The van der Waals surface area contributed by atoms with E-state index < -0.39 is 0 Å². The molecule has 1 heterocycles. The minimum Gasteiger partial charge on any atom is -0.354 e. The van der Waals surface area contributed by atoms with Gasteiger partial charge in [0.1, 0.15) is 0 Å². The molecule has 0 aromatic heterocycles. The van der Waals surface area contributed by atoms with Crippen LogP contribution >= 0.6 is 0 Å². The van der Waals surface area contributed by atoms with Crippen LogP contribution in [0, 0.1) is 0 Å². The third-order valence-corrected chi connectivity index (χ3v) is 2.94. The van der Waals surface area contributed by atoms with Gasteiger partial charge in [0.15, 0.2) is 5.96 Å². The van der Waals surface area contributed by atoms with Crippen molar-refractivity contribution in [2.45, 2.75) is 0 Å². The molecule has 1 aliphatic heterocycles. The van der Waals surface area contributed by atoms with E-state index in [9.17, 15) is 0 Å². The number of anilines is 1. The van der Waals surface area contributed by atoms with E-state index in [0.717, 1.165) is 24.7 Å². The summed E-state index contributed by atoms with van der Waals surface area (Å²) >= 11 is 0. The predicted molar refractivity (Wildman–Crippen MR) is 75.8 cm³/mol. The molecule has 2 aromatic carbocycles. The number of rotatable bonds is 2. The largest absolute Gasteiger partial charge is 0.354 e. The molecule has 2 N–H and O–H groups in total.